The van der Waals surface area contributed by atoms with Gasteiger partial charge in [-0.05, 0) is 48.1 Å². The number of nitrogens with zero attached hydrogens (tertiary/aromatic N) is 1. The Kier molecular flexibility index (Phi) is 4.70. The minimum atomic E-state index is -0.245. The molecule has 0 spiro atoms. The predicted octanol–water partition coefficient (Wildman–Crippen LogP) is 2.75. The highest BCUT2D eigenvalue weighted by atomic mass is 32.1. The molecule has 2 heterocycles. The number of aromatic amines is 1. The van der Waals surface area contributed by atoms with Crippen molar-refractivity contribution in [2.45, 2.75) is 6.54 Å². The Morgan fingerprint density at radius 1 is 1.25 bits per heavy atom. The number of hydrogen-bond donors (Lipinski definition) is 2. The molecule has 0 aliphatic carbocycles. The maximum Gasteiger partial charge on any atom is 0.262 e. The van der Waals surface area contributed by atoms with Crippen LogP contribution in [0.4, 0.5) is 0 Å². The second kappa shape index (κ2) is 7.32. The normalized spacial score (nSPS) is 12.1. The van der Waals surface area contributed by atoms with Crippen LogP contribution < -0.4 is 20.3 Å². The van der Waals surface area contributed by atoms with Gasteiger partial charge in [-0.25, -0.2) is 0 Å². The summed E-state index contributed by atoms with van der Waals surface area (Å²) in [6, 6.07) is 10.4. The molecule has 3 aromatic rings. The molecule has 142 valence electrons. The van der Waals surface area contributed by atoms with E-state index in [2.05, 4.69) is 16.9 Å². The van der Waals surface area contributed by atoms with E-state index in [1.807, 2.05) is 18.2 Å². The third-order valence-electron chi connectivity index (χ3n) is 4.43. The summed E-state index contributed by atoms with van der Waals surface area (Å²) in [4.78, 5) is 28.1. The SMILES string of the molecule is C=CCNC(=O)c1ccc2c(=O)n(Cc3ccc4c(c3)OCO4)c(=S)[nH]c2c1. The number of carbonyl (C=O) groups excluding carboxylic acids is 1. The van der Waals surface area contributed by atoms with Crippen molar-refractivity contribution in [3.63, 3.8) is 0 Å². The van der Waals surface area contributed by atoms with Crippen LogP contribution in [0.5, 0.6) is 11.5 Å². The van der Waals surface area contributed by atoms with E-state index in [9.17, 15) is 9.59 Å². The minimum absolute atomic E-state index is 0.192. The lowest BCUT2D eigenvalue weighted by molar-refractivity contribution is 0.0958. The first-order valence-electron chi connectivity index (χ1n) is 8.61. The number of amides is 1. The Morgan fingerprint density at radius 3 is 2.89 bits per heavy atom. The number of fused-ring (bicyclic) bond motifs is 2. The van der Waals surface area contributed by atoms with Crippen LogP contribution in [0.2, 0.25) is 0 Å². The summed E-state index contributed by atoms with van der Waals surface area (Å²) in [6.45, 7) is 4.42. The second-order valence-electron chi connectivity index (χ2n) is 6.27. The number of hydrogen-bond acceptors (Lipinski definition) is 5. The van der Waals surface area contributed by atoms with E-state index in [4.69, 9.17) is 21.7 Å². The summed E-state index contributed by atoms with van der Waals surface area (Å²) in [5.41, 5.74) is 1.59. The first-order chi connectivity index (χ1) is 13.6. The molecular weight excluding hydrogens is 378 g/mol. The van der Waals surface area contributed by atoms with Crippen LogP contribution in [0.15, 0.2) is 53.8 Å². The maximum atomic E-state index is 12.9. The third kappa shape index (κ3) is 3.29. The Hall–Kier alpha value is -3.39. The van der Waals surface area contributed by atoms with Crippen molar-refractivity contribution >= 4 is 29.0 Å². The Bertz CT molecular complexity index is 1210. The van der Waals surface area contributed by atoms with Gasteiger partial charge in [-0.2, -0.15) is 0 Å². The van der Waals surface area contributed by atoms with Gasteiger partial charge in [-0.1, -0.05) is 12.1 Å². The maximum absolute atomic E-state index is 12.9. The van der Waals surface area contributed by atoms with E-state index in [1.54, 1.807) is 24.3 Å². The van der Waals surface area contributed by atoms with Gasteiger partial charge in [-0.3, -0.25) is 14.2 Å². The standard InChI is InChI=1S/C20H17N3O4S/c1-2-7-21-18(24)13-4-5-14-15(9-13)22-20(28)23(19(14)25)10-12-3-6-16-17(8-12)27-11-26-16/h2-6,8-9H,1,7,10-11H2,(H,21,24)(H,22,28). The number of H-pyrrole nitrogens is 1. The van der Waals surface area contributed by atoms with Gasteiger partial charge in [-0.15, -0.1) is 6.58 Å². The number of carbonyl (C=O) groups is 1. The summed E-state index contributed by atoms with van der Waals surface area (Å²) in [5, 5.41) is 3.16. The number of rotatable bonds is 5. The third-order valence-corrected chi connectivity index (χ3v) is 4.75. The van der Waals surface area contributed by atoms with Gasteiger partial charge in [0.05, 0.1) is 17.4 Å². The minimum Gasteiger partial charge on any atom is -0.454 e. The van der Waals surface area contributed by atoms with E-state index in [-0.39, 0.29) is 23.0 Å². The van der Waals surface area contributed by atoms with Crippen LogP contribution in [0.25, 0.3) is 10.9 Å². The summed E-state index contributed by atoms with van der Waals surface area (Å²) in [6.07, 6.45) is 1.60. The summed E-state index contributed by atoms with van der Waals surface area (Å²) in [5.74, 6) is 1.09. The van der Waals surface area contributed by atoms with Gasteiger partial charge in [0.1, 0.15) is 0 Å². The van der Waals surface area contributed by atoms with Gasteiger partial charge in [0, 0.05) is 12.1 Å². The molecule has 4 rings (SSSR count). The number of benzene rings is 2. The number of aromatic nitrogens is 2. The van der Waals surface area contributed by atoms with Crippen molar-refractivity contribution in [1.82, 2.24) is 14.9 Å². The summed E-state index contributed by atoms with van der Waals surface area (Å²) in [7, 11) is 0. The highest BCUT2D eigenvalue weighted by Gasteiger charge is 2.15. The van der Waals surface area contributed by atoms with Crippen molar-refractivity contribution in [3.05, 3.63) is 75.3 Å². The highest BCUT2D eigenvalue weighted by molar-refractivity contribution is 7.71. The smallest absolute Gasteiger partial charge is 0.262 e. The largest absolute Gasteiger partial charge is 0.454 e. The lowest BCUT2D eigenvalue weighted by Crippen LogP contribution is -2.25. The molecule has 0 atom stereocenters. The lowest BCUT2D eigenvalue weighted by Gasteiger charge is -2.10. The zero-order valence-corrected chi connectivity index (χ0v) is 15.7. The Balaban J connectivity index is 1.70. The van der Waals surface area contributed by atoms with Crippen molar-refractivity contribution in [2.75, 3.05) is 13.3 Å². The van der Waals surface area contributed by atoms with Crippen molar-refractivity contribution in [2.24, 2.45) is 0 Å². The number of nitrogens with one attached hydrogen (secondary N) is 2. The molecule has 7 nitrogen and oxygen atoms in total. The van der Waals surface area contributed by atoms with Gasteiger partial charge in [0.25, 0.3) is 11.5 Å². The zero-order chi connectivity index (χ0) is 19.7. The molecule has 1 aliphatic heterocycles. The first kappa shape index (κ1) is 18.0. The highest BCUT2D eigenvalue weighted by Crippen LogP contribution is 2.32. The Labute approximate surface area is 165 Å². The van der Waals surface area contributed by atoms with Crippen LogP contribution in [-0.4, -0.2) is 28.8 Å². The molecule has 1 amide bonds. The average molecular weight is 395 g/mol. The fourth-order valence-electron chi connectivity index (χ4n) is 3.03. The van der Waals surface area contributed by atoms with Gasteiger partial charge in [0.15, 0.2) is 16.3 Å². The zero-order valence-electron chi connectivity index (χ0n) is 14.9. The molecule has 8 heteroatoms. The van der Waals surface area contributed by atoms with E-state index in [0.717, 1.165) is 5.56 Å². The first-order valence-corrected chi connectivity index (χ1v) is 9.02. The molecular formula is C20H17N3O4S. The van der Waals surface area contributed by atoms with E-state index in [1.165, 1.54) is 4.57 Å². The molecule has 0 saturated carbocycles. The fourth-order valence-corrected chi connectivity index (χ4v) is 3.29. The molecule has 2 N–H and O–H groups in total. The second-order valence-corrected chi connectivity index (χ2v) is 6.65. The molecule has 0 radical (unpaired) electrons. The lowest BCUT2D eigenvalue weighted by atomic mass is 10.1. The summed E-state index contributed by atoms with van der Waals surface area (Å²) >= 11 is 5.38. The van der Waals surface area contributed by atoms with Crippen LogP contribution in [-0.2, 0) is 6.54 Å². The monoisotopic (exact) mass is 395 g/mol. The predicted molar refractivity (Wildman–Crippen MR) is 108 cm³/mol. The van der Waals surface area contributed by atoms with Crippen LogP contribution in [0.1, 0.15) is 15.9 Å². The van der Waals surface area contributed by atoms with Crippen LogP contribution in [0, 0.1) is 4.77 Å². The fraction of sp³-hybridized carbons (Fsp3) is 0.150. The molecule has 2 aromatic carbocycles. The molecule has 0 bridgehead atoms. The Morgan fingerprint density at radius 2 is 2.07 bits per heavy atom. The molecule has 0 saturated heterocycles. The van der Waals surface area contributed by atoms with Crippen molar-refractivity contribution in [3.8, 4) is 11.5 Å². The quantitative estimate of drug-likeness (QED) is 0.513. The molecule has 0 unspecified atom stereocenters. The van der Waals surface area contributed by atoms with E-state index in [0.29, 0.717) is 41.1 Å². The molecule has 0 fully saturated rings. The van der Waals surface area contributed by atoms with Gasteiger partial charge >= 0.3 is 0 Å². The van der Waals surface area contributed by atoms with E-state index >= 15 is 0 Å². The molecule has 1 aromatic heterocycles. The number of ether oxygens (including phenoxy) is 2. The topological polar surface area (TPSA) is 85.3 Å². The van der Waals surface area contributed by atoms with Crippen molar-refractivity contribution in [1.29, 1.82) is 0 Å². The van der Waals surface area contributed by atoms with Crippen molar-refractivity contribution < 1.29 is 14.3 Å². The van der Waals surface area contributed by atoms with Crippen LogP contribution >= 0.6 is 12.2 Å². The molecule has 1 aliphatic rings. The van der Waals surface area contributed by atoms with E-state index < -0.39 is 0 Å². The van der Waals surface area contributed by atoms with Gasteiger partial charge < -0.3 is 19.8 Å². The average Bonchev–Trinajstić information content (AvgIpc) is 3.16. The van der Waals surface area contributed by atoms with Crippen LogP contribution in [0.3, 0.4) is 0 Å². The summed E-state index contributed by atoms with van der Waals surface area (Å²) < 4.78 is 12.4. The van der Waals surface area contributed by atoms with Gasteiger partial charge in [0.2, 0.25) is 6.79 Å². The molecule has 28 heavy (non-hydrogen) atoms.